The van der Waals surface area contributed by atoms with E-state index in [1.54, 1.807) is 25.3 Å². The van der Waals surface area contributed by atoms with Crippen molar-refractivity contribution >= 4 is 28.7 Å². The van der Waals surface area contributed by atoms with Crippen molar-refractivity contribution in [2.75, 3.05) is 25.3 Å². The molecule has 0 unspecified atom stereocenters. The number of benzene rings is 2. The van der Waals surface area contributed by atoms with Crippen LogP contribution < -0.4 is 20.5 Å². The van der Waals surface area contributed by atoms with Gasteiger partial charge in [-0.15, -0.1) is 0 Å². The molecule has 0 saturated heterocycles. The lowest BCUT2D eigenvalue weighted by atomic mass is 10.2. The van der Waals surface area contributed by atoms with Crippen molar-refractivity contribution in [3.8, 4) is 11.5 Å². The van der Waals surface area contributed by atoms with Gasteiger partial charge in [-0.2, -0.15) is 0 Å². The van der Waals surface area contributed by atoms with Gasteiger partial charge in [0, 0.05) is 17.2 Å². The van der Waals surface area contributed by atoms with Crippen LogP contribution in [0, 0.1) is 5.82 Å². The highest BCUT2D eigenvalue weighted by Gasteiger charge is 2.11. The van der Waals surface area contributed by atoms with Crippen LogP contribution in [0.1, 0.15) is 0 Å². The summed E-state index contributed by atoms with van der Waals surface area (Å²) < 4.78 is 23.7. The van der Waals surface area contributed by atoms with Crippen LogP contribution in [0.15, 0.2) is 30.3 Å². The fourth-order valence-corrected chi connectivity index (χ4v) is 1.93. The highest BCUT2D eigenvalue weighted by Crippen LogP contribution is 2.35. The molecule has 0 aromatic heterocycles. The quantitative estimate of drug-likeness (QED) is 0.842. The molecule has 2 aromatic carbocycles. The Bertz CT molecular complexity index is 635. The Balaban J connectivity index is 2.41. The van der Waals surface area contributed by atoms with Gasteiger partial charge < -0.3 is 20.5 Å². The second-order valence-electron chi connectivity index (χ2n) is 4.04. The van der Waals surface area contributed by atoms with Crippen molar-refractivity contribution in [3.05, 3.63) is 41.2 Å². The monoisotopic (exact) mass is 296 g/mol. The lowest BCUT2D eigenvalue weighted by molar-refractivity contribution is 0.387. The average Bonchev–Trinajstić information content (AvgIpc) is 2.42. The molecule has 0 heterocycles. The van der Waals surface area contributed by atoms with E-state index in [1.807, 2.05) is 0 Å². The van der Waals surface area contributed by atoms with E-state index in [-0.39, 0.29) is 11.4 Å². The molecule has 0 amide bonds. The zero-order valence-electron chi connectivity index (χ0n) is 11.0. The van der Waals surface area contributed by atoms with E-state index in [0.717, 1.165) is 0 Å². The fourth-order valence-electron chi connectivity index (χ4n) is 1.76. The van der Waals surface area contributed by atoms with E-state index < -0.39 is 5.82 Å². The molecule has 2 rings (SSSR count). The summed E-state index contributed by atoms with van der Waals surface area (Å²) in [5.74, 6) is 0.174. The SMILES string of the molecule is COc1cc(Nc2cc(Cl)ccc2OC)c(N)cc1F. The van der Waals surface area contributed by atoms with Crippen LogP contribution >= 0.6 is 11.6 Å². The van der Waals surface area contributed by atoms with Gasteiger partial charge in [0.2, 0.25) is 0 Å². The molecule has 0 aliphatic heterocycles. The standard InChI is InChI=1S/C14H14ClFN2O2/c1-19-13-4-3-8(15)5-12(13)18-11-7-14(20-2)9(16)6-10(11)17/h3-7,18H,17H2,1-2H3. The average molecular weight is 297 g/mol. The summed E-state index contributed by atoms with van der Waals surface area (Å²) in [7, 11) is 2.93. The first-order valence-corrected chi connectivity index (χ1v) is 6.16. The van der Waals surface area contributed by atoms with E-state index >= 15 is 0 Å². The Morgan fingerprint density at radius 1 is 1.05 bits per heavy atom. The molecule has 0 aliphatic rings. The van der Waals surface area contributed by atoms with E-state index in [0.29, 0.717) is 22.1 Å². The number of nitrogens with one attached hydrogen (secondary N) is 1. The molecule has 4 nitrogen and oxygen atoms in total. The van der Waals surface area contributed by atoms with E-state index in [4.69, 9.17) is 26.8 Å². The molecule has 106 valence electrons. The largest absolute Gasteiger partial charge is 0.495 e. The zero-order chi connectivity index (χ0) is 14.7. The number of nitrogen functional groups attached to an aromatic ring is 1. The highest BCUT2D eigenvalue weighted by molar-refractivity contribution is 6.31. The normalized spacial score (nSPS) is 10.2. The maximum absolute atomic E-state index is 13.5. The lowest BCUT2D eigenvalue weighted by Gasteiger charge is -2.14. The molecule has 0 bridgehead atoms. The van der Waals surface area contributed by atoms with Crippen molar-refractivity contribution in [2.24, 2.45) is 0 Å². The number of anilines is 3. The highest BCUT2D eigenvalue weighted by atomic mass is 35.5. The molecular weight excluding hydrogens is 283 g/mol. The van der Waals surface area contributed by atoms with Gasteiger partial charge in [0.25, 0.3) is 0 Å². The predicted octanol–water partition coefficient (Wildman–Crippen LogP) is 3.82. The van der Waals surface area contributed by atoms with Crippen LogP contribution in [-0.4, -0.2) is 14.2 Å². The maximum Gasteiger partial charge on any atom is 0.167 e. The van der Waals surface area contributed by atoms with Gasteiger partial charge >= 0.3 is 0 Å². The van der Waals surface area contributed by atoms with Crippen LogP contribution in [0.5, 0.6) is 11.5 Å². The minimum absolute atomic E-state index is 0.0997. The van der Waals surface area contributed by atoms with Gasteiger partial charge in [-0.1, -0.05) is 11.6 Å². The molecule has 3 N–H and O–H groups in total. The molecule has 0 spiro atoms. The summed E-state index contributed by atoms with van der Waals surface area (Å²) in [6, 6.07) is 7.79. The first-order chi connectivity index (χ1) is 9.55. The second kappa shape index (κ2) is 5.88. The molecule has 2 aromatic rings. The van der Waals surface area contributed by atoms with Crippen LogP contribution in [0.3, 0.4) is 0 Å². The summed E-state index contributed by atoms with van der Waals surface area (Å²) in [6.07, 6.45) is 0. The number of nitrogens with two attached hydrogens (primary N) is 1. The van der Waals surface area contributed by atoms with Gasteiger partial charge in [-0.3, -0.25) is 0 Å². The van der Waals surface area contributed by atoms with Crippen molar-refractivity contribution in [3.63, 3.8) is 0 Å². The summed E-state index contributed by atoms with van der Waals surface area (Å²) >= 11 is 5.95. The summed E-state index contributed by atoms with van der Waals surface area (Å²) in [5, 5.41) is 3.60. The minimum Gasteiger partial charge on any atom is -0.495 e. The van der Waals surface area contributed by atoms with Gasteiger partial charge in [-0.25, -0.2) is 4.39 Å². The van der Waals surface area contributed by atoms with E-state index in [9.17, 15) is 4.39 Å². The Kier molecular flexibility index (Phi) is 4.20. The van der Waals surface area contributed by atoms with Crippen molar-refractivity contribution in [1.29, 1.82) is 0 Å². The number of methoxy groups -OCH3 is 2. The summed E-state index contributed by atoms with van der Waals surface area (Å²) in [5.41, 5.74) is 7.17. The fraction of sp³-hybridized carbons (Fsp3) is 0.143. The molecule has 20 heavy (non-hydrogen) atoms. The molecule has 6 heteroatoms. The Morgan fingerprint density at radius 3 is 2.40 bits per heavy atom. The molecule has 0 saturated carbocycles. The molecule has 0 aliphatic carbocycles. The van der Waals surface area contributed by atoms with Crippen LogP contribution in [0.2, 0.25) is 5.02 Å². The maximum atomic E-state index is 13.5. The van der Waals surface area contributed by atoms with Crippen LogP contribution in [0.4, 0.5) is 21.5 Å². The molecule has 0 fully saturated rings. The first-order valence-electron chi connectivity index (χ1n) is 5.78. The van der Waals surface area contributed by atoms with Gasteiger partial charge in [0.05, 0.1) is 31.3 Å². The summed E-state index contributed by atoms with van der Waals surface area (Å²) in [4.78, 5) is 0. The van der Waals surface area contributed by atoms with Crippen LogP contribution in [0.25, 0.3) is 0 Å². The number of hydrogen-bond donors (Lipinski definition) is 2. The molecule has 0 atom stereocenters. The van der Waals surface area contributed by atoms with Crippen molar-refractivity contribution in [1.82, 2.24) is 0 Å². The van der Waals surface area contributed by atoms with Gasteiger partial charge in [-0.05, 0) is 18.2 Å². The minimum atomic E-state index is -0.520. The van der Waals surface area contributed by atoms with Gasteiger partial charge in [0.15, 0.2) is 11.6 Å². The Morgan fingerprint density at radius 2 is 1.75 bits per heavy atom. The number of rotatable bonds is 4. The second-order valence-corrected chi connectivity index (χ2v) is 4.48. The van der Waals surface area contributed by atoms with Gasteiger partial charge in [0.1, 0.15) is 5.75 Å². The predicted molar refractivity (Wildman–Crippen MR) is 78.7 cm³/mol. The van der Waals surface area contributed by atoms with Crippen LogP contribution in [-0.2, 0) is 0 Å². The van der Waals surface area contributed by atoms with Crippen molar-refractivity contribution < 1.29 is 13.9 Å². The zero-order valence-corrected chi connectivity index (χ0v) is 11.8. The molecule has 0 radical (unpaired) electrons. The molecular formula is C14H14ClFN2O2. The number of ether oxygens (including phenoxy) is 2. The smallest absolute Gasteiger partial charge is 0.167 e. The van der Waals surface area contributed by atoms with E-state index in [2.05, 4.69) is 5.32 Å². The van der Waals surface area contributed by atoms with E-state index in [1.165, 1.54) is 19.2 Å². The number of halogens is 2. The third kappa shape index (κ3) is 2.88. The number of hydrogen-bond acceptors (Lipinski definition) is 4. The summed E-state index contributed by atoms with van der Waals surface area (Å²) in [6.45, 7) is 0. The van der Waals surface area contributed by atoms with Crippen molar-refractivity contribution in [2.45, 2.75) is 0 Å². The first kappa shape index (κ1) is 14.3. The Hall–Kier alpha value is -2.14. The third-order valence-corrected chi connectivity index (χ3v) is 2.99. The Labute approximate surface area is 121 Å². The third-order valence-electron chi connectivity index (χ3n) is 2.75. The lowest BCUT2D eigenvalue weighted by Crippen LogP contribution is -2.00. The topological polar surface area (TPSA) is 56.5 Å².